The molecule has 0 aliphatic carbocycles. The van der Waals surface area contributed by atoms with Gasteiger partial charge in [-0.25, -0.2) is 4.39 Å². The highest BCUT2D eigenvalue weighted by atomic mass is 19.1. The van der Waals surface area contributed by atoms with Gasteiger partial charge in [0.15, 0.2) is 11.5 Å². The lowest BCUT2D eigenvalue weighted by atomic mass is 10.1. The summed E-state index contributed by atoms with van der Waals surface area (Å²) in [6.45, 7) is 1.48. The summed E-state index contributed by atoms with van der Waals surface area (Å²) in [5, 5.41) is 12.0. The van der Waals surface area contributed by atoms with Crippen molar-refractivity contribution in [1.29, 1.82) is 0 Å². The summed E-state index contributed by atoms with van der Waals surface area (Å²) < 4.78 is 24.1. The van der Waals surface area contributed by atoms with Crippen molar-refractivity contribution < 1.29 is 19.0 Å². The summed E-state index contributed by atoms with van der Waals surface area (Å²) in [4.78, 5) is 0. The summed E-state index contributed by atoms with van der Waals surface area (Å²) >= 11 is 0. The SMILES string of the molecule is COc1cccc(CNCCO)c1OCc1ccc(F)cc1. The van der Waals surface area contributed by atoms with Crippen molar-refractivity contribution in [2.24, 2.45) is 0 Å². The number of hydrogen-bond acceptors (Lipinski definition) is 4. The fourth-order valence-electron chi connectivity index (χ4n) is 2.06. The number of para-hydroxylation sites is 1. The number of hydrogen-bond donors (Lipinski definition) is 2. The first-order valence-electron chi connectivity index (χ1n) is 7.09. The molecule has 4 nitrogen and oxygen atoms in total. The van der Waals surface area contributed by atoms with E-state index in [0.29, 0.717) is 31.2 Å². The molecule has 0 fully saturated rings. The van der Waals surface area contributed by atoms with Crippen LogP contribution >= 0.6 is 0 Å². The van der Waals surface area contributed by atoms with Crippen LogP contribution in [-0.4, -0.2) is 25.4 Å². The molecule has 0 amide bonds. The van der Waals surface area contributed by atoms with Crippen LogP contribution < -0.4 is 14.8 Å². The van der Waals surface area contributed by atoms with Gasteiger partial charge in [0.05, 0.1) is 13.7 Å². The predicted octanol–water partition coefficient (Wildman–Crippen LogP) is 2.50. The van der Waals surface area contributed by atoms with Crippen LogP contribution in [0.3, 0.4) is 0 Å². The normalized spacial score (nSPS) is 10.5. The third kappa shape index (κ3) is 4.44. The van der Waals surface area contributed by atoms with Crippen LogP contribution in [0, 0.1) is 5.82 Å². The van der Waals surface area contributed by atoms with Crippen molar-refractivity contribution in [2.45, 2.75) is 13.2 Å². The number of aliphatic hydroxyl groups excluding tert-OH is 1. The summed E-state index contributed by atoms with van der Waals surface area (Å²) in [5.41, 5.74) is 1.82. The number of halogens is 1. The van der Waals surface area contributed by atoms with Gasteiger partial charge in [0.1, 0.15) is 12.4 Å². The predicted molar refractivity (Wildman–Crippen MR) is 82.5 cm³/mol. The van der Waals surface area contributed by atoms with E-state index in [4.69, 9.17) is 14.6 Å². The van der Waals surface area contributed by atoms with Gasteiger partial charge in [-0.1, -0.05) is 24.3 Å². The zero-order valence-corrected chi connectivity index (χ0v) is 12.5. The maximum Gasteiger partial charge on any atom is 0.166 e. The molecule has 2 aromatic carbocycles. The minimum atomic E-state index is -0.269. The standard InChI is InChI=1S/C17H20FNO3/c1-21-16-4-2-3-14(11-19-9-10-20)17(16)22-12-13-5-7-15(18)8-6-13/h2-8,19-20H,9-12H2,1H3. The van der Waals surface area contributed by atoms with Crippen molar-refractivity contribution in [3.8, 4) is 11.5 Å². The fraction of sp³-hybridized carbons (Fsp3) is 0.294. The molecule has 2 N–H and O–H groups in total. The minimum Gasteiger partial charge on any atom is -0.493 e. The van der Waals surface area contributed by atoms with Gasteiger partial charge in [-0.15, -0.1) is 0 Å². The smallest absolute Gasteiger partial charge is 0.166 e. The molecule has 0 aliphatic rings. The maximum atomic E-state index is 12.9. The van der Waals surface area contributed by atoms with Gasteiger partial charge in [0.2, 0.25) is 0 Å². The Morgan fingerprint density at radius 3 is 2.59 bits per heavy atom. The lowest BCUT2D eigenvalue weighted by molar-refractivity contribution is 0.277. The molecule has 0 unspecified atom stereocenters. The van der Waals surface area contributed by atoms with Gasteiger partial charge >= 0.3 is 0 Å². The molecular weight excluding hydrogens is 285 g/mol. The van der Waals surface area contributed by atoms with Gasteiger partial charge < -0.3 is 19.9 Å². The topological polar surface area (TPSA) is 50.7 Å². The lowest BCUT2D eigenvalue weighted by Crippen LogP contribution is -2.18. The van der Waals surface area contributed by atoms with Crippen molar-refractivity contribution in [3.63, 3.8) is 0 Å². The summed E-state index contributed by atoms with van der Waals surface area (Å²) in [5.74, 6) is 1.03. The van der Waals surface area contributed by atoms with Crippen LogP contribution in [0.25, 0.3) is 0 Å². The van der Waals surface area contributed by atoms with Crippen LogP contribution in [0.15, 0.2) is 42.5 Å². The molecule has 0 atom stereocenters. The van der Waals surface area contributed by atoms with Gasteiger partial charge in [-0.3, -0.25) is 0 Å². The first-order chi connectivity index (χ1) is 10.7. The Bertz CT molecular complexity index is 587. The van der Waals surface area contributed by atoms with E-state index in [1.807, 2.05) is 18.2 Å². The Morgan fingerprint density at radius 2 is 1.91 bits per heavy atom. The lowest BCUT2D eigenvalue weighted by Gasteiger charge is -2.15. The Labute approximate surface area is 129 Å². The van der Waals surface area contributed by atoms with E-state index in [0.717, 1.165) is 11.1 Å². The number of aliphatic hydroxyl groups is 1. The van der Waals surface area contributed by atoms with E-state index in [9.17, 15) is 4.39 Å². The molecule has 0 saturated carbocycles. The second kappa shape index (κ2) is 8.36. The summed E-state index contributed by atoms with van der Waals surface area (Å²) in [6, 6.07) is 11.8. The molecule has 0 heterocycles. The Balaban J connectivity index is 2.11. The monoisotopic (exact) mass is 305 g/mol. The van der Waals surface area contributed by atoms with Crippen LogP contribution in [0.4, 0.5) is 4.39 Å². The number of methoxy groups -OCH3 is 1. The molecule has 118 valence electrons. The number of nitrogens with one attached hydrogen (secondary N) is 1. The largest absolute Gasteiger partial charge is 0.493 e. The van der Waals surface area contributed by atoms with Crippen molar-refractivity contribution in [1.82, 2.24) is 5.32 Å². The summed E-state index contributed by atoms with van der Waals surface area (Å²) in [6.07, 6.45) is 0. The highest BCUT2D eigenvalue weighted by Gasteiger charge is 2.10. The number of benzene rings is 2. The van der Waals surface area contributed by atoms with Crippen LogP contribution in [0.1, 0.15) is 11.1 Å². The highest BCUT2D eigenvalue weighted by Crippen LogP contribution is 2.31. The van der Waals surface area contributed by atoms with E-state index < -0.39 is 0 Å². The quantitative estimate of drug-likeness (QED) is 0.736. The zero-order chi connectivity index (χ0) is 15.8. The molecule has 5 heteroatoms. The van der Waals surface area contributed by atoms with Crippen LogP contribution in [0.5, 0.6) is 11.5 Å². The molecule has 0 aromatic heterocycles. The van der Waals surface area contributed by atoms with Crippen LogP contribution in [-0.2, 0) is 13.2 Å². The average molecular weight is 305 g/mol. The molecule has 2 rings (SSSR count). The Kier molecular flexibility index (Phi) is 6.18. The van der Waals surface area contributed by atoms with E-state index in [1.165, 1.54) is 12.1 Å². The van der Waals surface area contributed by atoms with Crippen LogP contribution in [0.2, 0.25) is 0 Å². The maximum absolute atomic E-state index is 12.9. The molecule has 22 heavy (non-hydrogen) atoms. The summed E-state index contributed by atoms with van der Waals surface area (Å²) in [7, 11) is 1.59. The van der Waals surface area contributed by atoms with Gasteiger partial charge in [0.25, 0.3) is 0 Å². The second-order valence-corrected chi connectivity index (χ2v) is 4.76. The first kappa shape index (κ1) is 16.3. The number of rotatable bonds is 8. The minimum absolute atomic E-state index is 0.0791. The third-order valence-corrected chi connectivity index (χ3v) is 3.18. The third-order valence-electron chi connectivity index (χ3n) is 3.18. The van der Waals surface area contributed by atoms with Gasteiger partial charge in [0, 0.05) is 18.7 Å². The first-order valence-corrected chi connectivity index (χ1v) is 7.09. The van der Waals surface area contributed by atoms with Gasteiger partial charge in [-0.05, 0) is 23.8 Å². The number of ether oxygens (including phenoxy) is 2. The second-order valence-electron chi connectivity index (χ2n) is 4.76. The van der Waals surface area contributed by atoms with E-state index in [2.05, 4.69) is 5.32 Å². The molecule has 0 saturated heterocycles. The molecule has 0 radical (unpaired) electrons. The van der Waals surface area contributed by atoms with Gasteiger partial charge in [-0.2, -0.15) is 0 Å². The van der Waals surface area contributed by atoms with Crippen molar-refractivity contribution in [3.05, 3.63) is 59.4 Å². The van der Waals surface area contributed by atoms with Crippen molar-refractivity contribution >= 4 is 0 Å². The molecule has 2 aromatic rings. The van der Waals surface area contributed by atoms with E-state index in [1.54, 1.807) is 19.2 Å². The highest BCUT2D eigenvalue weighted by molar-refractivity contribution is 5.46. The Morgan fingerprint density at radius 1 is 1.14 bits per heavy atom. The van der Waals surface area contributed by atoms with E-state index in [-0.39, 0.29) is 12.4 Å². The molecular formula is C17H20FNO3. The van der Waals surface area contributed by atoms with Crippen molar-refractivity contribution in [2.75, 3.05) is 20.3 Å². The molecule has 0 aliphatic heterocycles. The molecule has 0 spiro atoms. The average Bonchev–Trinajstić information content (AvgIpc) is 2.55. The Hall–Kier alpha value is -2.11. The molecule has 0 bridgehead atoms. The zero-order valence-electron chi connectivity index (χ0n) is 12.5. The van der Waals surface area contributed by atoms with E-state index >= 15 is 0 Å². The fourth-order valence-corrected chi connectivity index (χ4v) is 2.06.